The van der Waals surface area contributed by atoms with Crippen LogP contribution in [0.25, 0.3) is 0 Å². The predicted molar refractivity (Wildman–Crippen MR) is 67.8 cm³/mol. The molecule has 5 atom stereocenters. The molecule has 3 nitrogen and oxygen atoms in total. The van der Waals surface area contributed by atoms with Crippen LogP contribution in [0.15, 0.2) is 11.6 Å². The Morgan fingerprint density at radius 2 is 2.11 bits per heavy atom. The van der Waals surface area contributed by atoms with E-state index in [1.165, 1.54) is 5.57 Å². The zero-order valence-corrected chi connectivity index (χ0v) is 11.4. The van der Waals surface area contributed by atoms with Crippen molar-refractivity contribution in [3.8, 4) is 0 Å². The van der Waals surface area contributed by atoms with Crippen LogP contribution < -0.4 is 0 Å². The van der Waals surface area contributed by atoms with Crippen molar-refractivity contribution in [1.29, 1.82) is 0 Å². The van der Waals surface area contributed by atoms with Gasteiger partial charge in [0.1, 0.15) is 5.60 Å². The summed E-state index contributed by atoms with van der Waals surface area (Å²) in [5.41, 5.74) is -1.14. The molecule has 3 heteroatoms. The summed E-state index contributed by atoms with van der Waals surface area (Å²) in [4.78, 5) is 12.3. The highest BCUT2D eigenvalue weighted by atomic mass is 16.3. The molecule has 2 bridgehead atoms. The summed E-state index contributed by atoms with van der Waals surface area (Å²) in [6.45, 7) is 5.98. The molecule has 0 unspecified atom stereocenters. The normalized spacial score (nSPS) is 54.5. The van der Waals surface area contributed by atoms with Crippen molar-refractivity contribution in [1.82, 2.24) is 0 Å². The fraction of sp³-hybridized carbons (Fsp3) is 0.800. The summed E-state index contributed by atoms with van der Waals surface area (Å²) < 4.78 is 0. The Balaban J connectivity index is 2.20. The zero-order valence-electron chi connectivity index (χ0n) is 11.4. The monoisotopic (exact) mass is 250 g/mol. The van der Waals surface area contributed by atoms with Gasteiger partial charge in [-0.25, -0.2) is 0 Å². The van der Waals surface area contributed by atoms with Gasteiger partial charge in [0, 0.05) is 17.3 Å². The molecule has 0 spiro atoms. The molecule has 0 aromatic carbocycles. The van der Waals surface area contributed by atoms with Gasteiger partial charge in [-0.3, -0.25) is 4.79 Å². The maximum absolute atomic E-state index is 12.3. The first-order valence-electron chi connectivity index (χ1n) is 6.87. The Morgan fingerprint density at radius 3 is 2.72 bits per heavy atom. The molecule has 0 heterocycles. The van der Waals surface area contributed by atoms with Crippen LogP contribution in [0.3, 0.4) is 0 Å². The first kappa shape index (κ1) is 12.4. The Labute approximate surface area is 108 Å². The molecule has 3 rings (SSSR count). The number of rotatable bonds is 1. The van der Waals surface area contributed by atoms with E-state index in [1.54, 1.807) is 0 Å². The predicted octanol–water partition coefficient (Wildman–Crippen LogP) is 1.68. The molecule has 0 radical (unpaired) electrons. The molecule has 0 saturated heterocycles. The molecule has 0 amide bonds. The van der Waals surface area contributed by atoms with Gasteiger partial charge in [0.15, 0.2) is 5.78 Å². The lowest BCUT2D eigenvalue weighted by molar-refractivity contribution is -0.162. The van der Waals surface area contributed by atoms with Crippen molar-refractivity contribution in [3.63, 3.8) is 0 Å². The second-order valence-electron chi connectivity index (χ2n) is 6.97. The molecule has 3 aliphatic rings. The molecule has 0 aromatic heterocycles. The number of hydrogen-bond donors (Lipinski definition) is 2. The molecule has 18 heavy (non-hydrogen) atoms. The minimum atomic E-state index is -1.34. The molecule has 0 aromatic rings. The first-order chi connectivity index (χ1) is 8.30. The van der Waals surface area contributed by atoms with Crippen molar-refractivity contribution in [2.45, 2.75) is 45.6 Å². The molecule has 100 valence electrons. The highest BCUT2D eigenvalue weighted by molar-refractivity contribution is 5.93. The Hall–Kier alpha value is -0.670. The van der Waals surface area contributed by atoms with Gasteiger partial charge in [0.05, 0.1) is 6.61 Å². The van der Waals surface area contributed by atoms with Gasteiger partial charge >= 0.3 is 0 Å². The van der Waals surface area contributed by atoms with E-state index in [9.17, 15) is 15.0 Å². The lowest BCUT2D eigenvalue weighted by atomic mass is 9.51. The van der Waals surface area contributed by atoms with E-state index in [0.29, 0.717) is 24.7 Å². The third-order valence-electron chi connectivity index (χ3n) is 6.37. The fourth-order valence-electron chi connectivity index (χ4n) is 4.69. The van der Waals surface area contributed by atoms with Crippen LogP contribution in [0.5, 0.6) is 0 Å². The van der Waals surface area contributed by atoms with Crippen molar-refractivity contribution in [3.05, 3.63) is 11.6 Å². The van der Waals surface area contributed by atoms with Crippen LogP contribution in [-0.4, -0.2) is 28.2 Å². The van der Waals surface area contributed by atoms with E-state index in [0.717, 1.165) is 6.42 Å². The van der Waals surface area contributed by atoms with Gasteiger partial charge < -0.3 is 10.2 Å². The van der Waals surface area contributed by atoms with Gasteiger partial charge in [0.25, 0.3) is 0 Å². The molecule has 2 fully saturated rings. The lowest BCUT2D eigenvalue weighted by Gasteiger charge is -2.54. The summed E-state index contributed by atoms with van der Waals surface area (Å²) >= 11 is 0. The summed E-state index contributed by atoms with van der Waals surface area (Å²) in [6, 6.07) is 0. The molecule has 3 aliphatic carbocycles. The lowest BCUT2D eigenvalue weighted by Crippen LogP contribution is -2.59. The van der Waals surface area contributed by atoms with Gasteiger partial charge in [-0.1, -0.05) is 32.4 Å². The standard InChI is InChI=1S/C15H22O3/c1-9-4-5-11-10(9)6-15(18)12(17)7-13(11,2)14(15,3)8-16/h5,9-10,16,18H,4,6-8H2,1-3H3/t9-,10+,13-,14-,15-/m1/s1. The largest absolute Gasteiger partial charge is 0.396 e. The Bertz CT molecular complexity index is 455. The number of fused-ring (bicyclic) bond motifs is 4. The van der Waals surface area contributed by atoms with Gasteiger partial charge in [0.2, 0.25) is 0 Å². The minimum Gasteiger partial charge on any atom is -0.396 e. The molecule has 2 N–H and O–H groups in total. The van der Waals surface area contributed by atoms with Crippen LogP contribution in [0, 0.1) is 22.7 Å². The number of aliphatic hydroxyl groups is 2. The van der Waals surface area contributed by atoms with Crippen molar-refractivity contribution in [2.75, 3.05) is 6.61 Å². The second kappa shape index (κ2) is 3.26. The molecule has 2 saturated carbocycles. The topological polar surface area (TPSA) is 57.5 Å². The van der Waals surface area contributed by atoms with E-state index < -0.39 is 11.0 Å². The highest BCUT2D eigenvalue weighted by Gasteiger charge is 2.72. The first-order valence-corrected chi connectivity index (χ1v) is 6.87. The fourth-order valence-corrected chi connectivity index (χ4v) is 4.69. The van der Waals surface area contributed by atoms with E-state index >= 15 is 0 Å². The van der Waals surface area contributed by atoms with Crippen LogP contribution in [-0.2, 0) is 4.79 Å². The van der Waals surface area contributed by atoms with E-state index in [1.807, 2.05) is 6.92 Å². The maximum atomic E-state index is 12.3. The summed E-state index contributed by atoms with van der Waals surface area (Å²) in [6.07, 6.45) is 4.14. The van der Waals surface area contributed by atoms with E-state index in [4.69, 9.17) is 0 Å². The van der Waals surface area contributed by atoms with Crippen LogP contribution in [0.1, 0.15) is 40.0 Å². The number of ketones is 1. The second-order valence-corrected chi connectivity index (χ2v) is 6.97. The number of carbonyl (C=O) groups is 1. The van der Waals surface area contributed by atoms with Gasteiger partial charge in [-0.15, -0.1) is 0 Å². The van der Waals surface area contributed by atoms with E-state index in [2.05, 4.69) is 19.9 Å². The Morgan fingerprint density at radius 1 is 1.44 bits per heavy atom. The third kappa shape index (κ3) is 1.03. The number of allylic oxidation sites excluding steroid dienone is 2. The average Bonchev–Trinajstić information content (AvgIpc) is 2.71. The maximum Gasteiger partial charge on any atom is 0.165 e. The van der Waals surface area contributed by atoms with Crippen LogP contribution >= 0.6 is 0 Å². The summed E-state index contributed by atoms with van der Waals surface area (Å²) in [7, 11) is 0. The number of hydrogen-bond acceptors (Lipinski definition) is 3. The quantitative estimate of drug-likeness (QED) is 0.696. The van der Waals surface area contributed by atoms with Crippen molar-refractivity contribution >= 4 is 5.78 Å². The van der Waals surface area contributed by atoms with Crippen LogP contribution in [0.2, 0.25) is 0 Å². The van der Waals surface area contributed by atoms with E-state index in [-0.39, 0.29) is 17.8 Å². The average molecular weight is 250 g/mol. The molecular formula is C15H22O3. The third-order valence-corrected chi connectivity index (χ3v) is 6.37. The molecule has 0 aliphatic heterocycles. The van der Waals surface area contributed by atoms with Crippen molar-refractivity contribution in [2.24, 2.45) is 22.7 Å². The number of Topliss-reactive ketones (excluding diaryl/α,β-unsaturated/α-hetero) is 1. The van der Waals surface area contributed by atoms with Gasteiger partial charge in [-0.2, -0.15) is 0 Å². The smallest absolute Gasteiger partial charge is 0.165 e. The van der Waals surface area contributed by atoms with Gasteiger partial charge in [-0.05, 0) is 24.7 Å². The summed E-state index contributed by atoms with van der Waals surface area (Å²) in [5, 5.41) is 20.7. The zero-order chi connectivity index (χ0) is 13.3. The molecular weight excluding hydrogens is 228 g/mol. The number of carbonyl (C=O) groups excluding carboxylic acids is 1. The summed E-state index contributed by atoms with van der Waals surface area (Å²) in [5.74, 6) is 0.732. The SMILES string of the molecule is C[C@@H]1CC=C2[C@H]1C[C@@]1(O)C(=O)C[C@@]2(C)[C@@]1(C)CO. The van der Waals surface area contributed by atoms with Crippen molar-refractivity contribution < 1.29 is 15.0 Å². The number of aliphatic hydroxyl groups excluding tert-OH is 1. The Kier molecular flexibility index (Phi) is 2.24. The van der Waals surface area contributed by atoms with Crippen LogP contribution in [0.4, 0.5) is 0 Å². The highest BCUT2D eigenvalue weighted by Crippen LogP contribution is 2.69. The minimum absolute atomic E-state index is 0.0796.